The third-order valence-corrected chi connectivity index (χ3v) is 3.03. The summed E-state index contributed by atoms with van der Waals surface area (Å²) in [4.78, 5) is 0. The molecule has 0 aliphatic rings. The van der Waals surface area contributed by atoms with Gasteiger partial charge in [0.25, 0.3) is 0 Å². The molecule has 3 nitrogen and oxygen atoms in total. The Labute approximate surface area is 106 Å². The molecule has 0 unspecified atom stereocenters. The Morgan fingerprint density at radius 2 is 2.38 bits per heavy atom. The Bertz CT molecular complexity index is 355. The van der Waals surface area contributed by atoms with Gasteiger partial charge in [-0.15, -0.1) is 0 Å². The van der Waals surface area contributed by atoms with Gasteiger partial charge in [-0.3, -0.25) is 4.68 Å². The molecule has 90 valence electrons. The number of rotatable bonds is 6. The standard InChI is InChI=1S/C12H20BrN3/c1-4-8-16-12(11(13)9-15-16)10(2)6-5-7-14-3/h6,9,14H,4-5,7-8H2,1-3H3. The third kappa shape index (κ3) is 3.46. The van der Waals surface area contributed by atoms with Crippen LogP contribution in [-0.2, 0) is 6.54 Å². The minimum Gasteiger partial charge on any atom is -0.319 e. The summed E-state index contributed by atoms with van der Waals surface area (Å²) < 4.78 is 3.15. The van der Waals surface area contributed by atoms with Crippen LogP contribution in [0.5, 0.6) is 0 Å². The third-order valence-electron chi connectivity index (χ3n) is 2.45. The smallest absolute Gasteiger partial charge is 0.0778 e. The zero-order valence-electron chi connectivity index (χ0n) is 10.3. The highest BCUT2D eigenvalue weighted by Gasteiger charge is 2.09. The van der Waals surface area contributed by atoms with Crippen LogP contribution < -0.4 is 5.32 Å². The maximum atomic E-state index is 4.37. The normalized spacial score (nSPS) is 12.1. The number of halogens is 1. The van der Waals surface area contributed by atoms with Crippen molar-refractivity contribution in [3.05, 3.63) is 22.4 Å². The van der Waals surface area contributed by atoms with Gasteiger partial charge in [0.15, 0.2) is 0 Å². The van der Waals surface area contributed by atoms with Gasteiger partial charge >= 0.3 is 0 Å². The molecule has 1 aromatic rings. The average molecular weight is 286 g/mol. The van der Waals surface area contributed by atoms with E-state index in [0.29, 0.717) is 0 Å². The second-order valence-electron chi connectivity index (χ2n) is 3.84. The van der Waals surface area contributed by atoms with Crippen LogP contribution in [0.25, 0.3) is 5.57 Å². The van der Waals surface area contributed by atoms with Crippen LogP contribution in [0.3, 0.4) is 0 Å². The lowest BCUT2D eigenvalue weighted by atomic mass is 10.2. The van der Waals surface area contributed by atoms with Crippen molar-refractivity contribution in [3.63, 3.8) is 0 Å². The fourth-order valence-corrected chi connectivity index (χ4v) is 2.27. The van der Waals surface area contributed by atoms with E-state index in [1.165, 1.54) is 11.3 Å². The molecule has 0 aliphatic carbocycles. The molecule has 0 saturated carbocycles. The average Bonchev–Trinajstić information content (AvgIpc) is 2.61. The zero-order valence-corrected chi connectivity index (χ0v) is 11.8. The van der Waals surface area contributed by atoms with Gasteiger partial charge in [0.2, 0.25) is 0 Å². The van der Waals surface area contributed by atoms with Crippen molar-refractivity contribution < 1.29 is 0 Å². The van der Waals surface area contributed by atoms with E-state index in [0.717, 1.165) is 30.4 Å². The predicted molar refractivity (Wildman–Crippen MR) is 72.4 cm³/mol. The van der Waals surface area contributed by atoms with Gasteiger partial charge in [0, 0.05) is 6.54 Å². The number of hydrogen-bond donors (Lipinski definition) is 1. The molecule has 0 fully saturated rings. The van der Waals surface area contributed by atoms with E-state index in [9.17, 15) is 0 Å². The number of hydrogen-bond acceptors (Lipinski definition) is 2. The Kier molecular flexibility index (Phi) is 5.77. The second kappa shape index (κ2) is 6.86. The lowest BCUT2D eigenvalue weighted by molar-refractivity contribution is 0.595. The van der Waals surface area contributed by atoms with E-state index in [1.807, 2.05) is 13.2 Å². The molecule has 0 bridgehead atoms. The van der Waals surface area contributed by atoms with E-state index in [1.54, 1.807) is 0 Å². The van der Waals surface area contributed by atoms with Crippen LogP contribution in [-0.4, -0.2) is 23.4 Å². The minimum absolute atomic E-state index is 0.970. The van der Waals surface area contributed by atoms with Crippen molar-refractivity contribution in [2.45, 2.75) is 33.2 Å². The molecule has 0 spiro atoms. The minimum atomic E-state index is 0.970. The van der Waals surface area contributed by atoms with Crippen LogP contribution in [0.1, 0.15) is 32.4 Å². The Balaban J connectivity index is 2.83. The number of aryl methyl sites for hydroxylation is 1. The monoisotopic (exact) mass is 285 g/mol. The lowest BCUT2D eigenvalue weighted by Gasteiger charge is -2.07. The molecule has 1 heterocycles. The van der Waals surface area contributed by atoms with Crippen LogP contribution in [0.2, 0.25) is 0 Å². The molecule has 1 aromatic heterocycles. The van der Waals surface area contributed by atoms with Gasteiger partial charge in [0.05, 0.1) is 16.4 Å². The van der Waals surface area contributed by atoms with Crippen molar-refractivity contribution in [2.75, 3.05) is 13.6 Å². The second-order valence-corrected chi connectivity index (χ2v) is 4.70. The number of nitrogens with zero attached hydrogens (tertiary/aromatic N) is 2. The summed E-state index contributed by atoms with van der Waals surface area (Å²) in [6, 6.07) is 0. The molecule has 4 heteroatoms. The van der Waals surface area contributed by atoms with Gasteiger partial charge in [0.1, 0.15) is 0 Å². The molecule has 0 amide bonds. The van der Waals surface area contributed by atoms with E-state index in [2.05, 4.69) is 51.0 Å². The summed E-state index contributed by atoms with van der Waals surface area (Å²) in [5.41, 5.74) is 2.49. The largest absolute Gasteiger partial charge is 0.319 e. The van der Waals surface area contributed by atoms with Crippen LogP contribution in [0.15, 0.2) is 16.7 Å². The first kappa shape index (κ1) is 13.5. The topological polar surface area (TPSA) is 29.9 Å². The van der Waals surface area contributed by atoms with Crippen LogP contribution in [0.4, 0.5) is 0 Å². The van der Waals surface area contributed by atoms with Crippen molar-refractivity contribution in [1.29, 1.82) is 0 Å². The van der Waals surface area contributed by atoms with E-state index < -0.39 is 0 Å². The zero-order chi connectivity index (χ0) is 12.0. The SMILES string of the molecule is CCCn1ncc(Br)c1C(C)=CCCNC. The lowest BCUT2D eigenvalue weighted by Crippen LogP contribution is -2.07. The molecule has 0 aliphatic heterocycles. The molecule has 1 N–H and O–H groups in total. The first-order valence-corrected chi connectivity index (χ1v) is 6.53. The summed E-state index contributed by atoms with van der Waals surface area (Å²) >= 11 is 3.56. The van der Waals surface area contributed by atoms with E-state index >= 15 is 0 Å². The first-order chi connectivity index (χ1) is 7.70. The Morgan fingerprint density at radius 3 is 3.00 bits per heavy atom. The van der Waals surface area contributed by atoms with Crippen molar-refractivity contribution >= 4 is 21.5 Å². The summed E-state index contributed by atoms with van der Waals surface area (Å²) in [5, 5.41) is 7.51. The van der Waals surface area contributed by atoms with Crippen molar-refractivity contribution in [1.82, 2.24) is 15.1 Å². The maximum absolute atomic E-state index is 4.37. The van der Waals surface area contributed by atoms with E-state index in [4.69, 9.17) is 0 Å². The van der Waals surface area contributed by atoms with Crippen LogP contribution >= 0.6 is 15.9 Å². The van der Waals surface area contributed by atoms with E-state index in [-0.39, 0.29) is 0 Å². The van der Waals surface area contributed by atoms with Gasteiger partial charge in [-0.2, -0.15) is 5.10 Å². The van der Waals surface area contributed by atoms with Gasteiger partial charge in [-0.05, 0) is 54.9 Å². The molecular weight excluding hydrogens is 266 g/mol. The molecule has 0 atom stereocenters. The van der Waals surface area contributed by atoms with Crippen molar-refractivity contribution in [3.8, 4) is 0 Å². The fraction of sp³-hybridized carbons (Fsp3) is 0.583. The molecule has 1 rings (SSSR count). The molecule has 16 heavy (non-hydrogen) atoms. The van der Waals surface area contributed by atoms with Crippen LogP contribution in [0, 0.1) is 0 Å². The highest BCUT2D eigenvalue weighted by atomic mass is 79.9. The summed E-state index contributed by atoms with van der Waals surface area (Å²) in [6.45, 7) is 6.29. The Morgan fingerprint density at radius 1 is 1.62 bits per heavy atom. The quantitative estimate of drug-likeness (QED) is 0.814. The maximum Gasteiger partial charge on any atom is 0.0778 e. The highest BCUT2D eigenvalue weighted by Crippen LogP contribution is 2.24. The summed E-state index contributed by atoms with van der Waals surface area (Å²) in [5.74, 6) is 0. The molecular formula is C12H20BrN3. The van der Waals surface area contributed by atoms with Gasteiger partial charge in [-0.1, -0.05) is 13.0 Å². The first-order valence-electron chi connectivity index (χ1n) is 5.73. The summed E-state index contributed by atoms with van der Waals surface area (Å²) in [6.07, 6.45) is 6.28. The van der Waals surface area contributed by atoms with Gasteiger partial charge in [-0.25, -0.2) is 0 Å². The van der Waals surface area contributed by atoms with Gasteiger partial charge < -0.3 is 5.32 Å². The number of nitrogens with one attached hydrogen (secondary N) is 1. The predicted octanol–water partition coefficient (Wildman–Crippen LogP) is 3.07. The molecule has 0 saturated heterocycles. The molecule has 0 aromatic carbocycles. The number of aromatic nitrogens is 2. The highest BCUT2D eigenvalue weighted by molar-refractivity contribution is 9.10. The molecule has 0 radical (unpaired) electrons. The number of allylic oxidation sites excluding steroid dienone is 1. The summed E-state index contributed by atoms with van der Waals surface area (Å²) in [7, 11) is 1.97. The Hall–Kier alpha value is -0.610. The van der Waals surface area contributed by atoms with Crippen molar-refractivity contribution in [2.24, 2.45) is 0 Å². The fourth-order valence-electron chi connectivity index (χ4n) is 1.67.